The highest BCUT2D eigenvalue weighted by atomic mass is 32.2. The van der Waals surface area contributed by atoms with Gasteiger partial charge in [-0.2, -0.15) is 0 Å². The van der Waals surface area contributed by atoms with E-state index in [9.17, 15) is 17.6 Å². The largest absolute Gasteiger partial charge is 0.343 e. The summed E-state index contributed by atoms with van der Waals surface area (Å²) >= 11 is 1.36. The molecule has 1 atom stereocenters. The number of carbonyl (C=O) groups is 1. The van der Waals surface area contributed by atoms with E-state index in [1.54, 1.807) is 33.2 Å². The summed E-state index contributed by atoms with van der Waals surface area (Å²) in [5.41, 5.74) is 1.30. The molecule has 0 aliphatic carbocycles. The molecule has 1 unspecified atom stereocenters. The number of thiazole rings is 1. The molecule has 1 amide bonds. The Morgan fingerprint density at radius 1 is 1.13 bits per heavy atom. The van der Waals surface area contributed by atoms with Crippen LogP contribution in [0.4, 0.5) is 4.39 Å². The molecular weight excluding hydrogens is 427 g/mol. The maximum Gasteiger partial charge on any atom is 0.254 e. The molecule has 3 rings (SSSR count). The van der Waals surface area contributed by atoms with Gasteiger partial charge in [0.25, 0.3) is 5.91 Å². The highest BCUT2D eigenvalue weighted by Crippen LogP contribution is 2.25. The standard InChI is InChI=1S/C20H21FN4O3S2/c1-12(2)25-30(27,28)15-4-5-17(21)16(10-15)19(26)23-13(3)20-24-18(11-29-20)14-6-8-22-9-7-14/h4-13,25H,1-3H3,(H,23,26). The molecule has 0 spiro atoms. The second kappa shape index (κ2) is 8.99. The Kier molecular flexibility index (Phi) is 6.59. The molecule has 0 bridgehead atoms. The van der Waals surface area contributed by atoms with E-state index in [4.69, 9.17) is 0 Å². The fourth-order valence-electron chi connectivity index (χ4n) is 2.70. The molecule has 0 aliphatic rings. The number of sulfonamides is 1. The van der Waals surface area contributed by atoms with Crippen LogP contribution in [-0.4, -0.2) is 30.3 Å². The van der Waals surface area contributed by atoms with Crippen molar-refractivity contribution in [3.05, 3.63) is 64.5 Å². The highest BCUT2D eigenvalue weighted by molar-refractivity contribution is 7.89. The Morgan fingerprint density at radius 3 is 2.50 bits per heavy atom. The lowest BCUT2D eigenvalue weighted by Gasteiger charge is -2.14. The van der Waals surface area contributed by atoms with Crippen molar-refractivity contribution in [2.45, 2.75) is 37.8 Å². The van der Waals surface area contributed by atoms with Gasteiger partial charge in [0.1, 0.15) is 10.8 Å². The van der Waals surface area contributed by atoms with Crippen LogP contribution in [0.25, 0.3) is 11.3 Å². The minimum atomic E-state index is -3.85. The van der Waals surface area contributed by atoms with Crippen LogP contribution in [0, 0.1) is 5.82 Å². The van der Waals surface area contributed by atoms with Crippen molar-refractivity contribution in [3.8, 4) is 11.3 Å². The van der Waals surface area contributed by atoms with Crippen molar-refractivity contribution < 1.29 is 17.6 Å². The first kappa shape index (κ1) is 22.0. The number of nitrogens with zero attached hydrogens (tertiary/aromatic N) is 2. The molecule has 2 heterocycles. The lowest BCUT2D eigenvalue weighted by atomic mass is 10.2. The third-order valence-corrected chi connectivity index (χ3v) is 6.78. The summed E-state index contributed by atoms with van der Waals surface area (Å²) in [6.07, 6.45) is 3.33. The molecule has 0 radical (unpaired) electrons. The average Bonchev–Trinajstić information content (AvgIpc) is 3.18. The summed E-state index contributed by atoms with van der Waals surface area (Å²) < 4.78 is 41.3. The number of nitrogens with one attached hydrogen (secondary N) is 2. The lowest BCUT2D eigenvalue weighted by molar-refractivity contribution is 0.0935. The van der Waals surface area contributed by atoms with Crippen molar-refractivity contribution in [3.63, 3.8) is 0 Å². The third kappa shape index (κ3) is 5.07. The van der Waals surface area contributed by atoms with Crippen LogP contribution in [0.1, 0.15) is 42.2 Å². The Balaban J connectivity index is 1.79. The summed E-state index contributed by atoms with van der Waals surface area (Å²) in [5.74, 6) is -1.53. The number of rotatable bonds is 7. The molecule has 0 aliphatic heterocycles. The first-order valence-electron chi connectivity index (χ1n) is 9.16. The predicted molar refractivity (Wildman–Crippen MR) is 113 cm³/mol. The summed E-state index contributed by atoms with van der Waals surface area (Å²) in [6.45, 7) is 5.07. The third-order valence-electron chi connectivity index (χ3n) is 4.10. The van der Waals surface area contributed by atoms with E-state index in [1.165, 1.54) is 11.3 Å². The van der Waals surface area contributed by atoms with Gasteiger partial charge in [0.2, 0.25) is 10.0 Å². The molecule has 0 saturated heterocycles. The summed E-state index contributed by atoms with van der Waals surface area (Å²) in [4.78, 5) is 20.9. The first-order chi connectivity index (χ1) is 14.2. The van der Waals surface area contributed by atoms with Crippen LogP contribution in [0.5, 0.6) is 0 Å². The number of benzene rings is 1. The molecular formula is C20H21FN4O3S2. The lowest BCUT2D eigenvalue weighted by Crippen LogP contribution is -2.31. The fraction of sp³-hybridized carbons (Fsp3) is 0.250. The van der Waals surface area contributed by atoms with Gasteiger partial charge in [-0.1, -0.05) is 0 Å². The van der Waals surface area contributed by atoms with Gasteiger partial charge in [-0.15, -0.1) is 11.3 Å². The Labute approximate surface area is 178 Å². The maximum absolute atomic E-state index is 14.3. The monoisotopic (exact) mass is 448 g/mol. The summed E-state index contributed by atoms with van der Waals surface area (Å²) in [6, 6.07) is 5.96. The number of amides is 1. The number of hydrogen-bond acceptors (Lipinski definition) is 6. The molecule has 3 aromatic rings. The van der Waals surface area contributed by atoms with Crippen LogP contribution in [-0.2, 0) is 10.0 Å². The van der Waals surface area contributed by atoms with Crippen molar-refractivity contribution >= 4 is 27.3 Å². The fourth-order valence-corrected chi connectivity index (χ4v) is 4.81. The number of aromatic nitrogens is 2. The van der Waals surface area contributed by atoms with Gasteiger partial charge in [0.15, 0.2) is 0 Å². The summed E-state index contributed by atoms with van der Waals surface area (Å²) in [7, 11) is -3.85. The zero-order chi connectivity index (χ0) is 21.9. The Morgan fingerprint density at radius 2 is 1.83 bits per heavy atom. The van der Waals surface area contributed by atoms with Gasteiger partial charge in [-0.3, -0.25) is 9.78 Å². The summed E-state index contributed by atoms with van der Waals surface area (Å²) in [5, 5.41) is 5.18. The predicted octanol–water partition coefficient (Wildman–Crippen LogP) is 3.52. The highest BCUT2D eigenvalue weighted by Gasteiger charge is 2.22. The zero-order valence-corrected chi connectivity index (χ0v) is 18.2. The second-order valence-electron chi connectivity index (χ2n) is 6.92. The first-order valence-corrected chi connectivity index (χ1v) is 11.5. The quantitative estimate of drug-likeness (QED) is 0.576. The van der Waals surface area contributed by atoms with Crippen molar-refractivity contribution in [2.75, 3.05) is 0 Å². The van der Waals surface area contributed by atoms with E-state index in [0.717, 1.165) is 29.5 Å². The van der Waals surface area contributed by atoms with E-state index < -0.39 is 27.8 Å². The van der Waals surface area contributed by atoms with Crippen molar-refractivity contribution in [1.82, 2.24) is 20.0 Å². The average molecular weight is 449 g/mol. The van der Waals surface area contributed by atoms with Crippen LogP contribution in [0.3, 0.4) is 0 Å². The van der Waals surface area contributed by atoms with E-state index in [0.29, 0.717) is 5.01 Å². The van der Waals surface area contributed by atoms with E-state index in [-0.39, 0.29) is 16.5 Å². The Hall–Kier alpha value is -2.69. The van der Waals surface area contributed by atoms with Gasteiger partial charge in [0.05, 0.1) is 22.2 Å². The second-order valence-corrected chi connectivity index (χ2v) is 9.52. The van der Waals surface area contributed by atoms with E-state index in [2.05, 4.69) is 20.0 Å². The number of carbonyl (C=O) groups excluding carboxylic acids is 1. The maximum atomic E-state index is 14.3. The smallest absolute Gasteiger partial charge is 0.254 e. The van der Waals surface area contributed by atoms with Crippen molar-refractivity contribution in [2.24, 2.45) is 0 Å². The molecule has 30 heavy (non-hydrogen) atoms. The number of hydrogen-bond donors (Lipinski definition) is 2. The van der Waals surface area contributed by atoms with E-state index >= 15 is 0 Å². The van der Waals surface area contributed by atoms with Crippen LogP contribution in [0.15, 0.2) is 53.0 Å². The molecule has 10 heteroatoms. The molecule has 1 aromatic carbocycles. The molecule has 0 fully saturated rings. The van der Waals surface area contributed by atoms with Gasteiger partial charge in [-0.25, -0.2) is 22.5 Å². The minimum absolute atomic E-state index is 0.176. The number of halogens is 1. The van der Waals surface area contributed by atoms with Gasteiger partial charge < -0.3 is 5.32 Å². The van der Waals surface area contributed by atoms with Gasteiger partial charge in [0, 0.05) is 29.4 Å². The molecule has 2 N–H and O–H groups in total. The van der Waals surface area contributed by atoms with Crippen LogP contribution >= 0.6 is 11.3 Å². The molecule has 0 saturated carbocycles. The number of pyridine rings is 1. The molecule has 7 nitrogen and oxygen atoms in total. The van der Waals surface area contributed by atoms with Crippen LogP contribution in [0.2, 0.25) is 0 Å². The molecule has 158 valence electrons. The molecule has 2 aromatic heterocycles. The van der Waals surface area contributed by atoms with Crippen LogP contribution < -0.4 is 10.0 Å². The van der Waals surface area contributed by atoms with Gasteiger partial charge in [-0.05, 0) is 51.1 Å². The topological polar surface area (TPSA) is 101 Å². The minimum Gasteiger partial charge on any atom is -0.343 e. The SMILES string of the molecule is CC(C)NS(=O)(=O)c1ccc(F)c(C(=O)NC(C)c2nc(-c3ccncc3)cs2)c1. The zero-order valence-electron chi connectivity index (χ0n) is 16.6. The Bertz CT molecular complexity index is 1150. The van der Waals surface area contributed by atoms with Crippen molar-refractivity contribution in [1.29, 1.82) is 0 Å². The van der Waals surface area contributed by atoms with E-state index in [1.807, 2.05) is 17.5 Å². The van der Waals surface area contributed by atoms with Gasteiger partial charge >= 0.3 is 0 Å². The normalized spacial score (nSPS) is 12.7.